The highest BCUT2D eigenvalue weighted by atomic mass is 32.1. The molecule has 92 valence electrons. The molecule has 4 heteroatoms. The van der Waals surface area contributed by atoms with Crippen LogP contribution in [0, 0.1) is 0 Å². The van der Waals surface area contributed by atoms with Gasteiger partial charge in [-0.25, -0.2) is 0 Å². The molecule has 2 unspecified atom stereocenters. The van der Waals surface area contributed by atoms with Gasteiger partial charge in [0.15, 0.2) is 0 Å². The van der Waals surface area contributed by atoms with Crippen molar-refractivity contribution in [3.05, 3.63) is 35.2 Å². The summed E-state index contributed by atoms with van der Waals surface area (Å²) in [6, 6.07) is 8.09. The van der Waals surface area contributed by atoms with Crippen molar-refractivity contribution in [3.8, 4) is 0 Å². The number of hydrogen-bond donors (Lipinski definition) is 2. The van der Waals surface area contributed by atoms with E-state index in [1.54, 1.807) is 11.3 Å². The minimum absolute atomic E-state index is 0.00692. The summed E-state index contributed by atoms with van der Waals surface area (Å²) in [5, 5.41) is 12.7. The minimum Gasteiger partial charge on any atom is -0.395 e. The molecule has 2 aromatic rings. The van der Waals surface area contributed by atoms with E-state index in [1.807, 2.05) is 26.2 Å². The summed E-state index contributed by atoms with van der Waals surface area (Å²) in [7, 11) is 3.99. The predicted octanol–water partition coefficient (Wildman–Crippen LogP) is 1.82. The van der Waals surface area contributed by atoms with Crippen molar-refractivity contribution < 1.29 is 5.11 Å². The number of nitrogens with zero attached hydrogens (tertiary/aromatic N) is 1. The van der Waals surface area contributed by atoms with Crippen LogP contribution >= 0.6 is 11.3 Å². The monoisotopic (exact) mass is 250 g/mol. The van der Waals surface area contributed by atoms with Crippen LogP contribution < -0.4 is 5.73 Å². The molecule has 1 aromatic heterocycles. The Hall–Kier alpha value is -0.940. The first-order valence-corrected chi connectivity index (χ1v) is 6.52. The Bertz CT molecular complexity index is 495. The van der Waals surface area contributed by atoms with E-state index < -0.39 is 0 Å². The Balaban J connectivity index is 2.49. The predicted molar refractivity (Wildman–Crippen MR) is 73.3 cm³/mol. The molecule has 3 nitrogen and oxygen atoms in total. The van der Waals surface area contributed by atoms with Crippen LogP contribution in [-0.4, -0.2) is 36.8 Å². The van der Waals surface area contributed by atoms with Crippen LogP contribution in [0.1, 0.15) is 11.6 Å². The van der Waals surface area contributed by atoms with E-state index in [9.17, 15) is 5.11 Å². The average Bonchev–Trinajstić information content (AvgIpc) is 2.73. The number of nitrogens with two attached hydrogens (primary N) is 1. The molecule has 0 bridgehead atoms. The summed E-state index contributed by atoms with van der Waals surface area (Å²) in [4.78, 5) is 2.06. The molecular weight excluding hydrogens is 232 g/mol. The van der Waals surface area contributed by atoms with Crippen LogP contribution in [0.5, 0.6) is 0 Å². The lowest BCUT2D eigenvalue weighted by molar-refractivity contribution is 0.182. The maximum atomic E-state index is 9.28. The van der Waals surface area contributed by atoms with Crippen LogP contribution in [0.2, 0.25) is 0 Å². The van der Waals surface area contributed by atoms with Gasteiger partial charge in [0, 0.05) is 10.7 Å². The Labute approximate surface area is 105 Å². The number of aliphatic hydroxyl groups is 1. The highest BCUT2D eigenvalue weighted by Gasteiger charge is 2.23. The quantitative estimate of drug-likeness (QED) is 0.870. The van der Waals surface area contributed by atoms with Gasteiger partial charge in [0.1, 0.15) is 0 Å². The number of likely N-dealkylation sites (N-methyl/N-ethyl adjacent to an activating group) is 1. The molecule has 3 N–H and O–H groups in total. The van der Waals surface area contributed by atoms with E-state index in [2.05, 4.69) is 22.4 Å². The van der Waals surface area contributed by atoms with Crippen LogP contribution in [0.25, 0.3) is 10.1 Å². The van der Waals surface area contributed by atoms with Crippen molar-refractivity contribution in [3.63, 3.8) is 0 Å². The molecule has 0 aliphatic rings. The summed E-state index contributed by atoms with van der Waals surface area (Å²) < 4.78 is 1.26. The highest BCUT2D eigenvalue weighted by Crippen LogP contribution is 2.33. The molecule has 17 heavy (non-hydrogen) atoms. The second-order valence-corrected chi connectivity index (χ2v) is 5.35. The minimum atomic E-state index is -0.261. The van der Waals surface area contributed by atoms with Crippen LogP contribution in [0.3, 0.4) is 0 Å². The molecular formula is C13H18N2OS. The summed E-state index contributed by atoms with van der Waals surface area (Å²) in [6.07, 6.45) is 0. The number of hydrogen-bond acceptors (Lipinski definition) is 4. The number of rotatable bonds is 4. The third-order valence-corrected chi connectivity index (χ3v) is 3.98. The van der Waals surface area contributed by atoms with Gasteiger partial charge in [0.2, 0.25) is 0 Å². The number of fused-ring (bicyclic) bond motifs is 1. The number of aliphatic hydroxyl groups excluding tert-OH is 1. The SMILES string of the molecule is CN(C)C(c1csc2ccccc12)C(N)CO. The third kappa shape index (κ3) is 2.35. The fraction of sp³-hybridized carbons (Fsp3) is 0.385. The van der Waals surface area contributed by atoms with Crippen LogP contribution in [0.4, 0.5) is 0 Å². The van der Waals surface area contributed by atoms with Gasteiger partial charge < -0.3 is 15.7 Å². The first kappa shape index (κ1) is 12.5. The Kier molecular flexibility index (Phi) is 3.79. The molecule has 0 saturated heterocycles. The fourth-order valence-corrected chi connectivity index (χ4v) is 3.21. The highest BCUT2D eigenvalue weighted by molar-refractivity contribution is 7.17. The average molecular weight is 250 g/mol. The second-order valence-electron chi connectivity index (χ2n) is 4.44. The van der Waals surface area contributed by atoms with Crippen molar-refractivity contribution in [1.82, 2.24) is 4.90 Å². The normalized spacial score (nSPS) is 15.4. The van der Waals surface area contributed by atoms with Gasteiger partial charge in [-0.15, -0.1) is 11.3 Å². The standard InChI is InChI=1S/C13H18N2OS/c1-15(2)13(11(14)7-16)10-8-17-12-6-4-3-5-9(10)12/h3-6,8,11,13,16H,7,14H2,1-2H3. The number of thiophene rings is 1. The van der Waals surface area contributed by atoms with Gasteiger partial charge in [-0.1, -0.05) is 18.2 Å². The van der Waals surface area contributed by atoms with E-state index in [0.29, 0.717) is 0 Å². The molecule has 0 aliphatic carbocycles. The lowest BCUT2D eigenvalue weighted by Crippen LogP contribution is -2.39. The molecule has 2 rings (SSSR count). The third-order valence-electron chi connectivity index (χ3n) is 3.00. The molecule has 0 radical (unpaired) electrons. The Morgan fingerprint density at radius 2 is 2.06 bits per heavy atom. The van der Waals surface area contributed by atoms with Gasteiger partial charge in [-0.3, -0.25) is 0 Å². The van der Waals surface area contributed by atoms with E-state index in [1.165, 1.54) is 15.6 Å². The first-order chi connectivity index (χ1) is 8.15. The molecule has 0 fully saturated rings. The van der Waals surface area contributed by atoms with Crippen molar-refractivity contribution in [2.24, 2.45) is 5.73 Å². The molecule has 0 spiro atoms. The number of benzene rings is 1. The zero-order valence-corrected chi connectivity index (χ0v) is 10.9. The van der Waals surface area contributed by atoms with Gasteiger partial charge in [-0.05, 0) is 36.5 Å². The van der Waals surface area contributed by atoms with Crippen LogP contribution in [0.15, 0.2) is 29.6 Å². The van der Waals surface area contributed by atoms with E-state index in [4.69, 9.17) is 5.73 Å². The zero-order chi connectivity index (χ0) is 12.4. The van der Waals surface area contributed by atoms with Crippen molar-refractivity contribution in [1.29, 1.82) is 0 Å². The van der Waals surface area contributed by atoms with Gasteiger partial charge in [0.05, 0.1) is 12.6 Å². The molecule has 1 aromatic carbocycles. The summed E-state index contributed by atoms with van der Waals surface area (Å²) in [5.74, 6) is 0. The van der Waals surface area contributed by atoms with E-state index in [0.717, 1.165) is 0 Å². The lowest BCUT2D eigenvalue weighted by atomic mass is 9.99. The van der Waals surface area contributed by atoms with E-state index in [-0.39, 0.29) is 18.7 Å². The van der Waals surface area contributed by atoms with E-state index >= 15 is 0 Å². The maximum absolute atomic E-state index is 9.28. The lowest BCUT2D eigenvalue weighted by Gasteiger charge is -2.28. The van der Waals surface area contributed by atoms with Gasteiger partial charge >= 0.3 is 0 Å². The topological polar surface area (TPSA) is 49.5 Å². The molecule has 0 aliphatic heterocycles. The van der Waals surface area contributed by atoms with Gasteiger partial charge in [0.25, 0.3) is 0 Å². The fourth-order valence-electron chi connectivity index (χ4n) is 2.22. The van der Waals surface area contributed by atoms with Crippen molar-refractivity contribution >= 4 is 21.4 Å². The zero-order valence-electron chi connectivity index (χ0n) is 10.1. The molecule has 1 heterocycles. The van der Waals surface area contributed by atoms with Gasteiger partial charge in [-0.2, -0.15) is 0 Å². The maximum Gasteiger partial charge on any atom is 0.0601 e. The largest absolute Gasteiger partial charge is 0.395 e. The summed E-state index contributed by atoms with van der Waals surface area (Å²) in [5.41, 5.74) is 7.22. The summed E-state index contributed by atoms with van der Waals surface area (Å²) >= 11 is 1.72. The second kappa shape index (κ2) is 5.14. The molecule has 0 amide bonds. The Morgan fingerprint density at radius 1 is 1.35 bits per heavy atom. The smallest absolute Gasteiger partial charge is 0.0601 e. The summed E-state index contributed by atoms with van der Waals surface area (Å²) in [6.45, 7) is -0.00692. The Morgan fingerprint density at radius 3 is 2.71 bits per heavy atom. The molecule has 2 atom stereocenters. The van der Waals surface area contributed by atoms with Crippen molar-refractivity contribution in [2.45, 2.75) is 12.1 Å². The first-order valence-electron chi connectivity index (χ1n) is 5.64. The molecule has 0 saturated carbocycles. The van der Waals surface area contributed by atoms with Crippen LogP contribution in [-0.2, 0) is 0 Å². The van der Waals surface area contributed by atoms with Crippen molar-refractivity contribution in [2.75, 3.05) is 20.7 Å².